The molecule has 0 atom stereocenters. The van der Waals surface area contributed by atoms with Gasteiger partial charge in [0.25, 0.3) is 0 Å². The minimum Gasteiger partial charge on any atom is -0.497 e. The van der Waals surface area contributed by atoms with Gasteiger partial charge in [0.2, 0.25) is 0 Å². The highest BCUT2D eigenvalue weighted by Gasteiger charge is 2.04. The van der Waals surface area contributed by atoms with Gasteiger partial charge in [-0.3, -0.25) is 4.99 Å². The van der Waals surface area contributed by atoms with E-state index in [1.807, 2.05) is 25.3 Å². The van der Waals surface area contributed by atoms with Crippen molar-refractivity contribution in [1.29, 1.82) is 0 Å². The quantitative estimate of drug-likeness (QED) is 0.346. The predicted octanol–water partition coefficient (Wildman–Crippen LogP) is 2.71. The fraction of sp³-hybridized carbons (Fsp3) is 0.471. The SMILES string of the molecule is C=CCCCN(C)C(=NC)NCCc1cccc(OC)c1. The molecule has 0 aliphatic heterocycles. The molecule has 0 unspecified atom stereocenters. The Morgan fingerprint density at radius 3 is 2.95 bits per heavy atom. The van der Waals surface area contributed by atoms with Gasteiger partial charge in [-0.25, -0.2) is 0 Å². The molecule has 116 valence electrons. The molecule has 0 saturated heterocycles. The first-order valence-electron chi connectivity index (χ1n) is 7.37. The average Bonchev–Trinajstić information content (AvgIpc) is 2.52. The number of unbranched alkanes of at least 4 members (excludes halogenated alkanes) is 1. The lowest BCUT2D eigenvalue weighted by Gasteiger charge is -2.21. The van der Waals surface area contributed by atoms with Gasteiger partial charge in [0.05, 0.1) is 7.11 Å². The van der Waals surface area contributed by atoms with Crippen LogP contribution in [0.25, 0.3) is 0 Å². The zero-order valence-corrected chi connectivity index (χ0v) is 13.4. The number of aliphatic imine (C=N–C) groups is 1. The van der Waals surface area contributed by atoms with Crippen molar-refractivity contribution in [2.45, 2.75) is 19.3 Å². The van der Waals surface area contributed by atoms with Gasteiger partial charge >= 0.3 is 0 Å². The number of ether oxygens (including phenoxy) is 1. The Hall–Kier alpha value is -1.97. The van der Waals surface area contributed by atoms with E-state index in [4.69, 9.17) is 4.74 Å². The maximum Gasteiger partial charge on any atom is 0.193 e. The van der Waals surface area contributed by atoms with Crippen LogP contribution in [0.5, 0.6) is 5.75 Å². The third-order valence-electron chi connectivity index (χ3n) is 3.31. The summed E-state index contributed by atoms with van der Waals surface area (Å²) in [5, 5.41) is 3.39. The highest BCUT2D eigenvalue weighted by atomic mass is 16.5. The molecule has 0 radical (unpaired) electrons. The van der Waals surface area contributed by atoms with Crippen molar-refractivity contribution in [1.82, 2.24) is 10.2 Å². The molecule has 0 bridgehead atoms. The molecule has 0 aliphatic rings. The average molecular weight is 289 g/mol. The van der Waals surface area contributed by atoms with E-state index in [-0.39, 0.29) is 0 Å². The van der Waals surface area contributed by atoms with Crippen LogP contribution < -0.4 is 10.1 Å². The van der Waals surface area contributed by atoms with Gasteiger partial charge in [0.15, 0.2) is 5.96 Å². The van der Waals surface area contributed by atoms with E-state index in [9.17, 15) is 0 Å². The summed E-state index contributed by atoms with van der Waals surface area (Å²) < 4.78 is 5.24. The van der Waals surface area contributed by atoms with Gasteiger partial charge in [-0.15, -0.1) is 6.58 Å². The van der Waals surface area contributed by atoms with Crippen LogP contribution in [-0.4, -0.2) is 45.2 Å². The summed E-state index contributed by atoms with van der Waals surface area (Å²) in [6.07, 6.45) is 5.02. The molecule has 0 amide bonds. The molecule has 21 heavy (non-hydrogen) atoms. The topological polar surface area (TPSA) is 36.9 Å². The lowest BCUT2D eigenvalue weighted by Crippen LogP contribution is -2.40. The van der Waals surface area contributed by atoms with E-state index < -0.39 is 0 Å². The Morgan fingerprint density at radius 1 is 1.48 bits per heavy atom. The van der Waals surface area contributed by atoms with Crippen LogP contribution in [0.15, 0.2) is 41.9 Å². The first-order valence-corrected chi connectivity index (χ1v) is 7.37. The zero-order valence-electron chi connectivity index (χ0n) is 13.4. The number of hydrogen-bond acceptors (Lipinski definition) is 2. The number of guanidine groups is 1. The normalized spacial score (nSPS) is 11.1. The van der Waals surface area contributed by atoms with Crippen LogP contribution in [0, 0.1) is 0 Å². The maximum absolute atomic E-state index is 5.24. The molecule has 0 heterocycles. The smallest absolute Gasteiger partial charge is 0.193 e. The largest absolute Gasteiger partial charge is 0.497 e. The molecule has 0 aliphatic carbocycles. The number of allylic oxidation sites excluding steroid dienone is 1. The third kappa shape index (κ3) is 6.34. The molecule has 0 saturated carbocycles. The molecular weight excluding hydrogens is 262 g/mol. The summed E-state index contributed by atoms with van der Waals surface area (Å²) in [7, 11) is 5.57. The molecule has 0 spiro atoms. The second kappa shape index (κ2) is 9.86. The van der Waals surface area contributed by atoms with Crippen LogP contribution >= 0.6 is 0 Å². The first-order chi connectivity index (χ1) is 10.2. The molecule has 0 fully saturated rings. The van der Waals surface area contributed by atoms with E-state index in [1.54, 1.807) is 7.11 Å². The van der Waals surface area contributed by atoms with Crippen molar-refractivity contribution in [2.24, 2.45) is 4.99 Å². The lowest BCUT2D eigenvalue weighted by molar-refractivity contribution is 0.414. The standard InChI is InChI=1S/C17H27N3O/c1-5-6-7-13-20(3)17(18-2)19-12-11-15-9-8-10-16(14-15)21-4/h5,8-10,14H,1,6-7,11-13H2,2-4H3,(H,18,19). The number of hydrogen-bond donors (Lipinski definition) is 1. The molecule has 4 nitrogen and oxygen atoms in total. The van der Waals surface area contributed by atoms with Crippen LogP contribution in [0.1, 0.15) is 18.4 Å². The molecule has 1 aromatic carbocycles. The molecule has 1 N–H and O–H groups in total. The van der Waals surface area contributed by atoms with Crippen LogP contribution in [0.4, 0.5) is 0 Å². The number of benzene rings is 1. The number of nitrogens with one attached hydrogen (secondary N) is 1. The predicted molar refractivity (Wildman–Crippen MR) is 90.1 cm³/mol. The van der Waals surface area contributed by atoms with Gasteiger partial charge < -0.3 is 15.0 Å². The van der Waals surface area contributed by atoms with E-state index in [0.29, 0.717) is 0 Å². The number of nitrogens with zero attached hydrogens (tertiary/aromatic N) is 2. The Balaban J connectivity index is 2.39. The van der Waals surface area contributed by atoms with Crippen LogP contribution in [-0.2, 0) is 6.42 Å². The second-order valence-corrected chi connectivity index (χ2v) is 4.93. The minimum atomic E-state index is 0.853. The van der Waals surface area contributed by atoms with Crippen molar-refractivity contribution in [3.8, 4) is 5.75 Å². The van der Waals surface area contributed by atoms with E-state index in [0.717, 1.165) is 44.1 Å². The van der Waals surface area contributed by atoms with Crippen molar-refractivity contribution < 1.29 is 4.74 Å². The Labute approximate surface area is 128 Å². The highest BCUT2D eigenvalue weighted by Crippen LogP contribution is 2.12. The van der Waals surface area contributed by atoms with E-state index >= 15 is 0 Å². The van der Waals surface area contributed by atoms with Crippen molar-refractivity contribution in [3.63, 3.8) is 0 Å². The van der Waals surface area contributed by atoms with Gasteiger partial charge in [-0.1, -0.05) is 18.2 Å². The Morgan fingerprint density at radius 2 is 2.29 bits per heavy atom. The molecular formula is C17H27N3O. The molecule has 1 rings (SSSR count). The monoisotopic (exact) mass is 289 g/mol. The number of rotatable bonds is 8. The summed E-state index contributed by atoms with van der Waals surface area (Å²) in [4.78, 5) is 6.46. The first kappa shape index (κ1) is 17.1. The summed E-state index contributed by atoms with van der Waals surface area (Å²) >= 11 is 0. The van der Waals surface area contributed by atoms with Crippen molar-refractivity contribution in [3.05, 3.63) is 42.5 Å². The second-order valence-electron chi connectivity index (χ2n) is 4.93. The summed E-state index contributed by atoms with van der Waals surface area (Å²) in [6, 6.07) is 8.16. The fourth-order valence-corrected chi connectivity index (χ4v) is 2.11. The summed E-state index contributed by atoms with van der Waals surface area (Å²) in [5.41, 5.74) is 1.26. The number of methoxy groups -OCH3 is 1. The minimum absolute atomic E-state index is 0.853. The highest BCUT2D eigenvalue weighted by molar-refractivity contribution is 5.79. The zero-order chi connectivity index (χ0) is 15.5. The van der Waals surface area contributed by atoms with Crippen LogP contribution in [0.2, 0.25) is 0 Å². The molecule has 4 heteroatoms. The van der Waals surface area contributed by atoms with E-state index in [2.05, 4.69) is 41.0 Å². The third-order valence-corrected chi connectivity index (χ3v) is 3.31. The maximum atomic E-state index is 5.24. The molecule has 1 aromatic rings. The van der Waals surface area contributed by atoms with Gasteiger partial charge in [0, 0.05) is 27.2 Å². The summed E-state index contributed by atoms with van der Waals surface area (Å²) in [5.74, 6) is 1.83. The van der Waals surface area contributed by atoms with Crippen LogP contribution in [0.3, 0.4) is 0 Å². The van der Waals surface area contributed by atoms with Gasteiger partial charge in [0.1, 0.15) is 5.75 Å². The van der Waals surface area contributed by atoms with Gasteiger partial charge in [-0.05, 0) is 37.0 Å². The van der Waals surface area contributed by atoms with Crippen molar-refractivity contribution >= 4 is 5.96 Å². The van der Waals surface area contributed by atoms with Gasteiger partial charge in [-0.2, -0.15) is 0 Å². The summed E-state index contributed by atoms with van der Waals surface area (Å²) in [6.45, 7) is 5.58. The van der Waals surface area contributed by atoms with Crippen molar-refractivity contribution in [2.75, 3.05) is 34.3 Å². The Bertz CT molecular complexity index is 457. The molecule has 0 aromatic heterocycles. The fourth-order valence-electron chi connectivity index (χ4n) is 2.11. The van der Waals surface area contributed by atoms with E-state index in [1.165, 1.54) is 5.56 Å². The lowest BCUT2D eigenvalue weighted by atomic mass is 10.1. The Kier molecular flexibility index (Phi) is 8.02.